The Hall–Kier alpha value is -2.07. The number of ether oxygens (including phenoxy) is 1. The van der Waals surface area contributed by atoms with Gasteiger partial charge >= 0.3 is 0 Å². The molecular weight excluding hydrogens is 276 g/mol. The average Bonchev–Trinajstić information content (AvgIpc) is 2.81. The van der Waals surface area contributed by atoms with E-state index in [1.54, 1.807) is 19.1 Å². The van der Waals surface area contributed by atoms with E-state index in [-0.39, 0.29) is 11.9 Å². The van der Waals surface area contributed by atoms with Crippen molar-refractivity contribution in [2.24, 2.45) is 0 Å². The van der Waals surface area contributed by atoms with E-state index in [0.717, 1.165) is 11.3 Å². The number of carbonyl (C=O) groups is 1. The molecule has 0 radical (unpaired) electrons. The fourth-order valence-corrected chi connectivity index (χ4v) is 2.53. The normalized spacial score (nSPS) is 16.4. The molecule has 1 aliphatic rings. The lowest BCUT2D eigenvalue weighted by molar-refractivity contribution is 0.0930. The number of nitrogens with one attached hydrogen (secondary N) is 1. The van der Waals surface area contributed by atoms with E-state index in [1.807, 2.05) is 24.3 Å². The Morgan fingerprint density at radius 2 is 2.20 bits per heavy atom. The number of para-hydroxylation sites is 1. The number of pyridine rings is 1. The van der Waals surface area contributed by atoms with E-state index in [0.29, 0.717) is 23.0 Å². The Bertz CT molecular complexity index is 652. The first-order valence-corrected chi connectivity index (χ1v) is 6.68. The molecule has 0 fully saturated rings. The summed E-state index contributed by atoms with van der Waals surface area (Å²) < 4.78 is 5.54. The van der Waals surface area contributed by atoms with Crippen LogP contribution in [0.15, 0.2) is 36.4 Å². The second-order valence-electron chi connectivity index (χ2n) is 4.69. The number of benzene rings is 1. The van der Waals surface area contributed by atoms with E-state index in [2.05, 4.69) is 10.3 Å². The number of nitrogens with zero attached hydrogens (tertiary/aromatic N) is 1. The van der Waals surface area contributed by atoms with Crippen LogP contribution in [0.4, 0.5) is 0 Å². The van der Waals surface area contributed by atoms with E-state index >= 15 is 0 Å². The molecule has 2 heterocycles. The molecule has 0 bridgehead atoms. The number of rotatable bonds is 2. The van der Waals surface area contributed by atoms with E-state index in [4.69, 9.17) is 16.3 Å². The molecule has 4 nitrogen and oxygen atoms in total. The number of aromatic nitrogens is 1. The Labute approximate surface area is 121 Å². The van der Waals surface area contributed by atoms with E-state index in [1.165, 1.54) is 0 Å². The molecule has 1 aromatic heterocycles. The van der Waals surface area contributed by atoms with Crippen LogP contribution in [0.5, 0.6) is 5.75 Å². The maximum atomic E-state index is 12.3. The minimum atomic E-state index is -0.178. The summed E-state index contributed by atoms with van der Waals surface area (Å²) >= 11 is 5.88. The van der Waals surface area contributed by atoms with Crippen LogP contribution in [0, 0.1) is 6.92 Å². The number of fused-ring (bicyclic) bond motifs is 1. The van der Waals surface area contributed by atoms with Crippen molar-refractivity contribution in [2.45, 2.75) is 13.0 Å². The Morgan fingerprint density at radius 1 is 1.40 bits per heavy atom. The fraction of sp³-hybridized carbons (Fsp3) is 0.200. The van der Waals surface area contributed by atoms with Crippen LogP contribution < -0.4 is 10.1 Å². The summed E-state index contributed by atoms with van der Waals surface area (Å²) in [7, 11) is 0. The average molecular weight is 289 g/mol. The van der Waals surface area contributed by atoms with Crippen LogP contribution in [-0.4, -0.2) is 17.5 Å². The summed E-state index contributed by atoms with van der Waals surface area (Å²) in [6, 6.07) is 10.8. The quantitative estimate of drug-likeness (QED) is 0.865. The summed E-state index contributed by atoms with van der Waals surface area (Å²) in [6.07, 6.45) is 0. The topological polar surface area (TPSA) is 51.2 Å². The van der Waals surface area contributed by atoms with Gasteiger partial charge in [-0.1, -0.05) is 29.8 Å². The summed E-state index contributed by atoms with van der Waals surface area (Å²) in [5, 5.41) is 3.27. The minimum Gasteiger partial charge on any atom is -0.491 e. The van der Waals surface area contributed by atoms with Gasteiger partial charge in [0, 0.05) is 16.8 Å². The van der Waals surface area contributed by atoms with Crippen molar-refractivity contribution in [1.29, 1.82) is 0 Å². The van der Waals surface area contributed by atoms with Gasteiger partial charge in [-0.3, -0.25) is 4.79 Å². The molecule has 1 atom stereocenters. The van der Waals surface area contributed by atoms with Crippen molar-refractivity contribution < 1.29 is 9.53 Å². The van der Waals surface area contributed by atoms with Crippen molar-refractivity contribution in [2.75, 3.05) is 6.61 Å². The highest BCUT2D eigenvalue weighted by Gasteiger charge is 2.25. The van der Waals surface area contributed by atoms with Crippen molar-refractivity contribution >= 4 is 17.5 Å². The number of hydrogen-bond donors (Lipinski definition) is 1. The highest BCUT2D eigenvalue weighted by atomic mass is 35.5. The zero-order valence-corrected chi connectivity index (χ0v) is 11.6. The summed E-state index contributed by atoms with van der Waals surface area (Å²) in [5.74, 6) is 0.643. The highest BCUT2D eigenvalue weighted by Crippen LogP contribution is 2.31. The molecule has 5 heteroatoms. The summed E-state index contributed by atoms with van der Waals surface area (Å²) in [6.45, 7) is 2.25. The van der Waals surface area contributed by atoms with Crippen molar-refractivity contribution in [3.63, 3.8) is 0 Å². The molecule has 0 spiro atoms. The van der Waals surface area contributed by atoms with E-state index < -0.39 is 0 Å². The maximum absolute atomic E-state index is 12.3. The molecule has 1 N–H and O–H groups in total. The molecule has 2 aromatic rings. The highest BCUT2D eigenvalue weighted by molar-refractivity contribution is 6.29. The standard InChI is InChI=1S/C15H13ClN2O2/c1-9-6-10(7-14(16)17-9)15(19)18-12-8-20-13-5-3-2-4-11(12)13/h2-7,12H,8H2,1H3,(H,18,19). The molecule has 1 unspecified atom stereocenters. The van der Waals surface area contributed by atoms with Crippen molar-refractivity contribution in [3.05, 3.63) is 58.4 Å². The van der Waals surface area contributed by atoms with Gasteiger partial charge < -0.3 is 10.1 Å². The third kappa shape index (κ3) is 2.47. The summed E-state index contributed by atoms with van der Waals surface area (Å²) in [5.41, 5.74) is 2.22. The molecule has 3 rings (SSSR count). The van der Waals surface area contributed by atoms with Crippen LogP contribution in [0.3, 0.4) is 0 Å². The van der Waals surface area contributed by atoms with Gasteiger partial charge in [0.1, 0.15) is 17.5 Å². The smallest absolute Gasteiger partial charge is 0.252 e. The Balaban J connectivity index is 1.80. The van der Waals surface area contributed by atoms with Crippen molar-refractivity contribution in [3.8, 4) is 5.75 Å². The number of amides is 1. The summed E-state index contributed by atoms with van der Waals surface area (Å²) in [4.78, 5) is 16.3. The monoisotopic (exact) mass is 288 g/mol. The molecule has 102 valence electrons. The number of halogens is 1. The van der Waals surface area contributed by atoms with Gasteiger partial charge in [-0.15, -0.1) is 0 Å². The first-order valence-electron chi connectivity index (χ1n) is 6.30. The molecule has 0 saturated carbocycles. The van der Waals surface area contributed by atoms with Crippen LogP contribution in [0.25, 0.3) is 0 Å². The first kappa shape index (κ1) is 12.9. The molecule has 0 aliphatic carbocycles. The van der Waals surface area contributed by atoms with Gasteiger partial charge in [0.2, 0.25) is 0 Å². The Kier molecular flexibility index (Phi) is 3.32. The lowest BCUT2D eigenvalue weighted by Gasteiger charge is -2.12. The van der Waals surface area contributed by atoms with Crippen molar-refractivity contribution in [1.82, 2.24) is 10.3 Å². The minimum absolute atomic E-state index is 0.133. The third-order valence-corrected chi connectivity index (χ3v) is 3.38. The lowest BCUT2D eigenvalue weighted by Crippen LogP contribution is -2.29. The van der Waals surface area contributed by atoms with Gasteiger partial charge in [-0.05, 0) is 25.1 Å². The van der Waals surface area contributed by atoms with Crippen LogP contribution >= 0.6 is 11.6 Å². The fourth-order valence-electron chi connectivity index (χ4n) is 2.28. The lowest BCUT2D eigenvalue weighted by atomic mass is 10.1. The predicted molar refractivity (Wildman–Crippen MR) is 76.1 cm³/mol. The van der Waals surface area contributed by atoms with Gasteiger partial charge in [0.15, 0.2) is 0 Å². The largest absolute Gasteiger partial charge is 0.491 e. The Morgan fingerprint density at radius 3 is 3.00 bits per heavy atom. The van der Waals surface area contributed by atoms with Gasteiger partial charge in [0.05, 0.1) is 6.04 Å². The molecule has 0 saturated heterocycles. The predicted octanol–water partition coefficient (Wildman–Crippen LogP) is 2.91. The molecule has 1 aliphatic heterocycles. The second kappa shape index (κ2) is 5.13. The van der Waals surface area contributed by atoms with Crippen LogP contribution in [0.2, 0.25) is 5.15 Å². The van der Waals surface area contributed by atoms with Crippen LogP contribution in [0.1, 0.15) is 27.7 Å². The number of aryl methyl sites for hydroxylation is 1. The molecule has 1 aromatic carbocycles. The maximum Gasteiger partial charge on any atom is 0.252 e. The van der Waals surface area contributed by atoms with Gasteiger partial charge in [0.25, 0.3) is 5.91 Å². The second-order valence-corrected chi connectivity index (χ2v) is 5.08. The van der Waals surface area contributed by atoms with Crippen LogP contribution in [-0.2, 0) is 0 Å². The van der Waals surface area contributed by atoms with E-state index in [9.17, 15) is 4.79 Å². The molecule has 1 amide bonds. The molecule has 20 heavy (non-hydrogen) atoms. The third-order valence-electron chi connectivity index (χ3n) is 3.19. The zero-order valence-electron chi connectivity index (χ0n) is 10.9. The number of hydrogen-bond acceptors (Lipinski definition) is 3. The SMILES string of the molecule is Cc1cc(C(=O)NC2COc3ccccc32)cc(Cl)n1. The zero-order chi connectivity index (χ0) is 14.1. The van der Waals surface area contributed by atoms with Gasteiger partial charge in [-0.2, -0.15) is 0 Å². The molecular formula is C15H13ClN2O2. The van der Waals surface area contributed by atoms with Gasteiger partial charge in [-0.25, -0.2) is 4.98 Å². The number of carbonyl (C=O) groups excluding carboxylic acids is 1. The first-order chi connectivity index (χ1) is 9.63.